The van der Waals surface area contributed by atoms with Gasteiger partial charge in [0.05, 0.1) is 6.61 Å². The molecule has 0 aromatic rings. The molecule has 0 spiro atoms. The van der Waals surface area contributed by atoms with E-state index in [1.54, 1.807) is 6.92 Å². The van der Waals surface area contributed by atoms with Crippen LogP contribution in [0.2, 0.25) is 0 Å². The van der Waals surface area contributed by atoms with Gasteiger partial charge in [0, 0.05) is 6.54 Å². The fourth-order valence-corrected chi connectivity index (χ4v) is 2.28. The lowest BCUT2D eigenvalue weighted by atomic mass is 10.3. The lowest BCUT2D eigenvalue weighted by molar-refractivity contribution is 0.259. The molecule has 0 saturated heterocycles. The summed E-state index contributed by atoms with van der Waals surface area (Å²) < 4.78 is 24.8. The third kappa shape index (κ3) is 8.92. The van der Waals surface area contributed by atoms with Gasteiger partial charge in [-0.15, -0.1) is 0 Å². The Labute approximate surface area is 86.4 Å². The Morgan fingerprint density at radius 1 is 1.40 bits per heavy atom. The van der Waals surface area contributed by atoms with E-state index in [1.807, 2.05) is 5.09 Å². The van der Waals surface area contributed by atoms with E-state index in [9.17, 15) is 9.13 Å². The number of rotatable bonds is 6. The van der Waals surface area contributed by atoms with Crippen molar-refractivity contribution in [2.24, 2.45) is 0 Å². The lowest BCUT2D eigenvalue weighted by Crippen LogP contribution is -2.12. The Balaban J connectivity index is 4.18. The van der Waals surface area contributed by atoms with Crippen molar-refractivity contribution in [2.45, 2.75) is 6.92 Å². The first kappa shape index (κ1) is 15.0. The molecule has 1 unspecified atom stereocenters. The molecule has 1 atom stereocenters. The maximum Gasteiger partial charge on any atom is 0.477 e. The average Bonchev–Trinajstić information content (AvgIpc) is 1.98. The number of aliphatic hydroxyl groups excluding tert-OH is 1. The van der Waals surface area contributed by atoms with Crippen LogP contribution in [0.4, 0.5) is 0 Å². The third-order valence-corrected chi connectivity index (χ3v) is 3.53. The summed E-state index contributed by atoms with van der Waals surface area (Å²) in [5, 5.41) is 10.5. The zero-order chi connectivity index (χ0) is 12.1. The second-order valence-corrected chi connectivity index (χ2v) is 5.65. The molecule has 0 radical (unpaired) electrons. The van der Waals surface area contributed by atoms with Gasteiger partial charge < -0.3 is 19.8 Å². The molecule has 0 rings (SSSR count). The van der Waals surface area contributed by atoms with E-state index in [4.69, 9.17) is 19.8 Å². The highest BCUT2D eigenvalue weighted by molar-refractivity contribution is 7.62. The smallest absolute Gasteiger partial charge is 0.392 e. The molecule has 0 heterocycles. The quantitative estimate of drug-likeness (QED) is 0.325. The first-order valence-corrected chi connectivity index (χ1v) is 6.88. The van der Waals surface area contributed by atoms with Crippen molar-refractivity contribution in [1.29, 1.82) is 0 Å². The summed E-state index contributed by atoms with van der Waals surface area (Å²) in [4.78, 5) is 25.4. The molecule has 0 aliphatic carbocycles. The van der Waals surface area contributed by atoms with Crippen molar-refractivity contribution >= 4 is 15.6 Å². The van der Waals surface area contributed by atoms with Gasteiger partial charge in [0.1, 0.15) is 0 Å². The van der Waals surface area contributed by atoms with Crippen LogP contribution in [-0.2, 0) is 13.4 Å². The minimum absolute atomic E-state index is 0.153. The van der Waals surface area contributed by atoms with Gasteiger partial charge in [0.15, 0.2) is 0 Å². The van der Waals surface area contributed by atoms with Crippen LogP contribution in [0.3, 0.4) is 0 Å². The zero-order valence-electron chi connectivity index (χ0n) is 7.90. The molecule has 0 amide bonds. The van der Waals surface area contributed by atoms with Crippen LogP contribution < -0.4 is 5.09 Å². The Hall–Kier alpha value is -0.0400. The minimum atomic E-state index is -5.00. The minimum Gasteiger partial charge on any atom is -0.392 e. The Morgan fingerprint density at radius 3 is 2.33 bits per heavy atom. The highest BCUT2D eigenvalue weighted by Gasteiger charge is 2.29. The third-order valence-electron chi connectivity index (χ3n) is 1.21. The van der Waals surface area contributed by atoms with Crippen molar-refractivity contribution in [3.63, 3.8) is 0 Å². The zero-order valence-corrected chi connectivity index (χ0v) is 9.69. The Morgan fingerprint density at radius 2 is 1.93 bits per heavy atom. The van der Waals surface area contributed by atoms with Gasteiger partial charge in [0.25, 0.3) is 0 Å². The van der Waals surface area contributed by atoms with Gasteiger partial charge in [0.2, 0.25) is 0 Å². The van der Waals surface area contributed by atoms with E-state index < -0.39 is 15.6 Å². The van der Waals surface area contributed by atoms with Crippen LogP contribution in [0.1, 0.15) is 6.92 Å². The molecule has 0 fully saturated rings. The molecule has 0 aromatic carbocycles. The largest absolute Gasteiger partial charge is 0.477 e. The molecule has 10 heteroatoms. The van der Waals surface area contributed by atoms with Crippen LogP contribution in [0.5, 0.6) is 0 Å². The SMILES string of the molecule is C/C(=C\CNP(=O)(O)OP(=O)(O)O)CO. The van der Waals surface area contributed by atoms with Crippen molar-refractivity contribution in [3.05, 3.63) is 11.6 Å². The van der Waals surface area contributed by atoms with E-state index >= 15 is 0 Å². The van der Waals surface area contributed by atoms with Gasteiger partial charge in [-0.2, -0.15) is 4.31 Å². The summed E-state index contributed by atoms with van der Waals surface area (Å²) in [6, 6.07) is 0. The molecule has 15 heavy (non-hydrogen) atoms. The lowest BCUT2D eigenvalue weighted by Gasteiger charge is -2.12. The number of hydrogen-bond acceptors (Lipinski definition) is 4. The summed E-state index contributed by atoms with van der Waals surface area (Å²) >= 11 is 0. The monoisotopic (exact) mass is 261 g/mol. The maximum atomic E-state index is 10.9. The molecule has 0 saturated carbocycles. The van der Waals surface area contributed by atoms with Gasteiger partial charge in [-0.3, -0.25) is 0 Å². The molecule has 0 bridgehead atoms. The van der Waals surface area contributed by atoms with Crippen molar-refractivity contribution in [1.82, 2.24) is 5.09 Å². The highest BCUT2D eigenvalue weighted by Crippen LogP contribution is 2.54. The molecule has 0 aromatic heterocycles. The average molecular weight is 261 g/mol. The Bertz CT molecular complexity index is 321. The fraction of sp³-hybridized carbons (Fsp3) is 0.600. The van der Waals surface area contributed by atoms with Crippen LogP contribution in [0, 0.1) is 0 Å². The van der Waals surface area contributed by atoms with E-state index in [0.717, 1.165) is 0 Å². The molecule has 8 nitrogen and oxygen atoms in total. The Kier molecular flexibility index (Phi) is 5.87. The van der Waals surface area contributed by atoms with Crippen molar-refractivity contribution in [2.75, 3.05) is 13.2 Å². The maximum absolute atomic E-state index is 10.9. The second kappa shape index (κ2) is 5.89. The first-order chi connectivity index (χ1) is 6.66. The number of hydrogen-bond donors (Lipinski definition) is 5. The van der Waals surface area contributed by atoms with Crippen LogP contribution in [0.25, 0.3) is 0 Å². The number of aliphatic hydroxyl groups is 1. The summed E-state index contributed by atoms with van der Waals surface area (Å²) in [7, 11) is -9.52. The van der Waals surface area contributed by atoms with E-state index in [-0.39, 0.29) is 13.2 Å². The molecular formula is C5H13NO7P2. The van der Waals surface area contributed by atoms with E-state index in [0.29, 0.717) is 5.57 Å². The van der Waals surface area contributed by atoms with Crippen molar-refractivity contribution < 1.29 is 33.2 Å². The van der Waals surface area contributed by atoms with Gasteiger partial charge in [-0.05, 0) is 6.92 Å². The topological polar surface area (TPSA) is 136 Å². The second-order valence-electron chi connectivity index (χ2n) is 2.66. The van der Waals surface area contributed by atoms with Gasteiger partial charge >= 0.3 is 15.6 Å². The summed E-state index contributed by atoms with van der Waals surface area (Å²) in [5.74, 6) is 0. The predicted molar refractivity (Wildman–Crippen MR) is 51.8 cm³/mol. The normalized spacial score (nSPS) is 17.5. The van der Waals surface area contributed by atoms with E-state index in [2.05, 4.69) is 4.31 Å². The first-order valence-electron chi connectivity index (χ1n) is 3.77. The summed E-state index contributed by atoms with van der Waals surface area (Å²) in [6.07, 6.45) is 1.38. The van der Waals surface area contributed by atoms with Crippen LogP contribution in [-0.4, -0.2) is 32.9 Å². The van der Waals surface area contributed by atoms with Crippen LogP contribution in [0.15, 0.2) is 11.6 Å². The predicted octanol–water partition coefficient (Wildman–Crippen LogP) is -0.276. The highest BCUT2D eigenvalue weighted by atomic mass is 31.3. The molecule has 5 N–H and O–H groups in total. The molecule has 0 aliphatic heterocycles. The van der Waals surface area contributed by atoms with Crippen molar-refractivity contribution in [3.8, 4) is 0 Å². The van der Waals surface area contributed by atoms with Crippen LogP contribution >= 0.6 is 15.6 Å². The summed E-state index contributed by atoms with van der Waals surface area (Å²) in [6.45, 7) is 1.21. The number of phosphoric acid groups is 1. The fourth-order valence-electron chi connectivity index (χ4n) is 0.573. The summed E-state index contributed by atoms with van der Waals surface area (Å²) in [5.41, 5.74) is 0.540. The molecule has 90 valence electrons. The van der Waals surface area contributed by atoms with Gasteiger partial charge in [-0.25, -0.2) is 14.2 Å². The van der Waals surface area contributed by atoms with E-state index in [1.165, 1.54) is 6.08 Å². The number of nitrogens with one attached hydrogen (secondary N) is 1. The van der Waals surface area contributed by atoms with Gasteiger partial charge in [-0.1, -0.05) is 11.6 Å². The standard InChI is InChI=1S/C5H13NO7P2/c1-5(4-7)2-3-6-14(8,9)13-15(10,11)12/h2,7H,3-4H2,1H3,(H2,6,8,9)(H2,10,11,12)/b5-2+. The molecular weight excluding hydrogens is 248 g/mol. The molecule has 0 aliphatic rings.